The zero-order chi connectivity index (χ0) is 18.4. The fourth-order valence-electron chi connectivity index (χ4n) is 2.69. The van der Waals surface area contributed by atoms with Gasteiger partial charge in [0, 0.05) is 25.2 Å². The number of halogens is 1. The molecule has 1 aliphatic heterocycles. The Bertz CT molecular complexity index is 665. The standard InChI is InChI=1S/C17H22FN3O4/c1-11-5-6-12(10-13(11)18)15(22)19-7-8-20-16(23)14-4-3-9-21(14)17(24)25-2/h5-6,10,14H,3-4,7-9H2,1-2H3,(H,19,22)(H,20,23). The van der Waals surface area contributed by atoms with E-state index >= 15 is 0 Å². The van der Waals surface area contributed by atoms with E-state index in [4.69, 9.17) is 0 Å². The summed E-state index contributed by atoms with van der Waals surface area (Å²) in [4.78, 5) is 37.1. The van der Waals surface area contributed by atoms with Gasteiger partial charge in [-0.05, 0) is 37.5 Å². The van der Waals surface area contributed by atoms with Crippen molar-refractivity contribution < 1.29 is 23.5 Å². The van der Waals surface area contributed by atoms with Crippen LogP contribution in [-0.4, -0.2) is 55.6 Å². The fourth-order valence-corrected chi connectivity index (χ4v) is 2.69. The molecule has 1 saturated heterocycles. The summed E-state index contributed by atoms with van der Waals surface area (Å²) in [7, 11) is 1.28. The van der Waals surface area contributed by atoms with E-state index in [-0.39, 0.29) is 24.6 Å². The summed E-state index contributed by atoms with van der Waals surface area (Å²) < 4.78 is 18.1. The van der Waals surface area contributed by atoms with Crippen molar-refractivity contribution >= 4 is 17.9 Å². The van der Waals surface area contributed by atoms with Crippen LogP contribution in [0.4, 0.5) is 9.18 Å². The Morgan fingerprint density at radius 2 is 2.00 bits per heavy atom. The maximum Gasteiger partial charge on any atom is 0.410 e. The maximum atomic E-state index is 13.5. The van der Waals surface area contributed by atoms with E-state index in [1.54, 1.807) is 13.0 Å². The Morgan fingerprint density at radius 3 is 2.68 bits per heavy atom. The normalized spacial score (nSPS) is 16.4. The van der Waals surface area contributed by atoms with Gasteiger partial charge in [0.15, 0.2) is 0 Å². The van der Waals surface area contributed by atoms with E-state index in [1.807, 2.05) is 0 Å². The summed E-state index contributed by atoms with van der Waals surface area (Å²) >= 11 is 0. The van der Waals surface area contributed by atoms with E-state index in [2.05, 4.69) is 15.4 Å². The Labute approximate surface area is 145 Å². The molecular weight excluding hydrogens is 329 g/mol. The van der Waals surface area contributed by atoms with Gasteiger partial charge in [-0.3, -0.25) is 14.5 Å². The highest BCUT2D eigenvalue weighted by atomic mass is 19.1. The highest BCUT2D eigenvalue weighted by Gasteiger charge is 2.34. The van der Waals surface area contributed by atoms with Crippen LogP contribution in [0.15, 0.2) is 18.2 Å². The molecule has 1 unspecified atom stereocenters. The van der Waals surface area contributed by atoms with E-state index in [0.717, 1.165) is 6.42 Å². The van der Waals surface area contributed by atoms with Crippen LogP contribution in [0.2, 0.25) is 0 Å². The van der Waals surface area contributed by atoms with Crippen molar-refractivity contribution in [3.05, 3.63) is 35.1 Å². The molecule has 1 fully saturated rings. The molecule has 0 spiro atoms. The minimum absolute atomic E-state index is 0.199. The van der Waals surface area contributed by atoms with Gasteiger partial charge in [0.1, 0.15) is 11.9 Å². The van der Waals surface area contributed by atoms with Crippen LogP contribution < -0.4 is 10.6 Å². The second-order valence-corrected chi connectivity index (χ2v) is 5.83. The van der Waals surface area contributed by atoms with Crippen molar-refractivity contribution in [1.82, 2.24) is 15.5 Å². The number of carbonyl (C=O) groups excluding carboxylic acids is 3. The van der Waals surface area contributed by atoms with Crippen molar-refractivity contribution in [3.8, 4) is 0 Å². The average Bonchev–Trinajstić information content (AvgIpc) is 3.09. The molecule has 0 bridgehead atoms. The minimum atomic E-state index is -0.547. The third-order valence-electron chi connectivity index (χ3n) is 4.11. The van der Waals surface area contributed by atoms with Crippen molar-refractivity contribution in [2.75, 3.05) is 26.7 Å². The van der Waals surface area contributed by atoms with Crippen LogP contribution >= 0.6 is 0 Å². The molecule has 1 heterocycles. The Hall–Kier alpha value is -2.64. The van der Waals surface area contributed by atoms with Crippen LogP contribution in [0, 0.1) is 12.7 Å². The van der Waals surface area contributed by atoms with E-state index in [1.165, 1.54) is 24.1 Å². The van der Waals surface area contributed by atoms with Crippen LogP contribution in [0.5, 0.6) is 0 Å². The third kappa shape index (κ3) is 4.68. The fraction of sp³-hybridized carbons (Fsp3) is 0.471. The zero-order valence-electron chi connectivity index (χ0n) is 14.3. The first kappa shape index (κ1) is 18.7. The predicted octanol–water partition coefficient (Wildman–Crippen LogP) is 1.21. The topological polar surface area (TPSA) is 87.7 Å². The molecule has 25 heavy (non-hydrogen) atoms. The predicted molar refractivity (Wildman–Crippen MR) is 88.6 cm³/mol. The Balaban J connectivity index is 1.76. The van der Waals surface area contributed by atoms with Gasteiger partial charge in [0.25, 0.3) is 5.91 Å². The SMILES string of the molecule is COC(=O)N1CCCC1C(=O)NCCNC(=O)c1ccc(C)c(F)c1. The molecular formula is C17H22FN3O4. The highest BCUT2D eigenvalue weighted by molar-refractivity contribution is 5.94. The number of nitrogens with one attached hydrogen (secondary N) is 2. The summed E-state index contributed by atoms with van der Waals surface area (Å²) in [5.74, 6) is -1.13. The molecule has 0 radical (unpaired) electrons. The monoisotopic (exact) mass is 351 g/mol. The molecule has 2 N–H and O–H groups in total. The number of amides is 3. The lowest BCUT2D eigenvalue weighted by Gasteiger charge is -2.22. The lowest BCUT2D eigenvalue weighted by atomic mass is 10.1. The quantitative estimate of drug-likeness (QED) is 0.781. The van der Waals surface area contributed by atoms with Gasteiger partial charge < -0.3 is 15.4 Å². The van der Waals surface area contributed by atoms with Gasteiger partial charge >= 0.3 is 6.09 Å². The van der Waals surface area contributed by atoms with Crippen molar-refractivity contribution in [2.45, 2.75) is 25.8 Å². The first-order valence-corrected chi connectivity index (χ1v) is 8.10. The average molecular weight is 351 g/mol. The summed E-state index contributed by atoms with van der Waals surface area (Å²) in [5.41, 5.74) is 0.692. The molecule has 136 valence electrons. The van der Waals surface area contributed by atoms with Crippen molar-refractivity contribution in [3.63, 3.8) is 0 Å². The molecule has 2 rings (SSSR count). The highest BCUT2D eigenvalue weighted by Crippen LogP contribution is 2.18. The number of rotatable bonds is 5. The van der Waals surface area contributed by atoms with Gasteiger partial charge in [0.2, 0.25) is 5.91 Å². The largest absolute Gasteiger partial charge is 0.453 e. The number of carbonyl (C=O) groups is 3. The van der Waals surface area contributed by atoms with Crippen molar-refractivity contribution in [1.29, 1.82) is 0 Å². The van der Waals surface area contributed by atoms with E-state index in [9.17, 15) is 18.8 Å². The number of hydrogen-bond acceptors (Lipinski definition) is 4. The Morgan fingerprint density at radius 1 is 1.28 bits per heavy atom. The molecule has 0 aromatic heterocycles. The molecule has 1 aromatic rings. The number of benzene rings is 1. The molecule has 0 aliphatic carbocycles. The first-order valence-electron chi connectivity index (χ1n) is 8.10. The third-order valence-corrected chi connectivity index (χ3v) is 4.11. The van der Waals surface area contributed by atoms with Gasteiger partial charge in [-0.2, -0.15) is 0 Å². The number of ether oxygens (including phenoxy) is 1. The number of methoxy groups -OCH3 is 1. The van der Waals surface area contributed by atoms with Gasteiger partial charge in [0.05, 0.1) is 7.11 Å². The van der Waals surface area contributed by atoms with Crippen LogP contribution in [0.1, 0.15) is 28.8 Å². The summed E-state index contributed by atoms with van der Waals surface area (Å²) in [6.45, 7) is 2.52. The number of nitrogens with zero attached hydrogens (tertiary/aromatic N) is 1. The van der Waals surface area contributed by atoms with Gasteiger partial charge in [-0.25, -0.2) is 9.18 Å². The van der Waals surface area contributed by atoms with Crippen LogP contribution in [-0.2, 0) is 9.53 Å². The first-order chi connectivity index (χ1) is 11.9. The summed E-state index contributed by atoms with van der Waals surface area (Å²) in [5, 5.41) is 5.29. The second kappa shape index (κ2) is 8.46. The molecule has 1 atom stereocenters. The van der Waals surface area contributed by atoms with Crippen LogP contribution in [0.25, 0.3) is 0 Å². The lowest BCUT2D eigenvalue weighted by molar-refractivity contribution is -0.125. The van der Waals surface area contributed by atoms with Crippen LogP contribution in [0.3, 0.4) is 0 Å². The molecule has 1 aromatic carbocycles. The van der Waals surface area contributed by atoms with E-state index in [0.29, 0.717) is 18.5 Å². The maximum absolute atomic E-state index is 13.5. The summed E-state index contributed by atoms with van der Waals surface area (Å²) in [6, 6.07) is 3.71. The Kier molecular flexibility index (Phi) is 6.32. The van der Waals surface area contributed by atoms with Gasteiger partial charge in [-0.15, -0.1) is 0 Å². The molecule has 1 aliphatic rings. The van der Waals surface area contributed by atoms with Crippen molar-refractivity contribution in [2.24, 2.45) is 0 Å². The lowest BCUT2D eigenvalue weighted by Crippen LogP contribution is -2.47. The smallest absolute Gasteiger partial charge is 0.410 e. The van der Waals surface area contributed by atoms with E-state index < -0.39 is 23.9 Å². The second-order valence-electron chi connectivity index (χ2n) is 5.83. The molecule has 7 nitrogen and oxygen atoms in total. The molecule has 3 amide bonds. The minimum Gasteiger partial charge on any atom is -0.453 e. The number of hydrogen-bond donors (Lipinski definition) is 2. The number of likely N-dealkylation sites (tertiary alicyclic amines) is 1. The molecule has 0 saturated carbocycles. The molecule has 8 heteroatoms. The zero-order valence-corrected chi connectivity index (χ0v) is 14.3. The summed E-state index contributed by atoms with van der Waals surface area (Å²) in [6.07, 6.45) is 0.797. The number of aryl methyl sites for hydroxylation is 1. The van der Waals surface area contributed by atoms with Gasteiger partial charge in [-0.1, -0.05) is 6.07 Å².